The number of hydrogen-bond donors (Lipinski definition) is 2. The van der Waals surface area contributed by atoms with E-state index in [2.05, 4.69) is 5.32 Å². The normalized spacial score (nSPS) is 22.0. The van der Waals surface area contributed by atoms with E-state index in [-0.39, 0.29) is 12.6 Å². The maximum atomic E-state index is 12.4. The van der Waals surface area contributed by atoms with Gasteiger partial charge in [0.25, 0.3) is 5.91 Å². The second kappa shape index (κ2) is 5.01. The Morgan fingerprint density at radius 2 is 2.00 bits per heavy atom. The Kier molecular flexibility index (Phi) is 3.65. The first kappa shape index (κ1) is 15.3. The van der Waals surface area contributed by atoms with Gasteiger partial charge in [0.05, 0.1) is 0 Å². The van der Waals surface area contributed by atoms with Gasteiger partial charge in [0.1, 0.15) is 18.1 Å². The van der Waals surface area contributed by atoms with E-state index in [0.717, 1.165) is 17.7 Å². The molecular weight excluding hydrogens is 278 g/mol. The minimum Gasteiger partial charge on any atom is -0.480 e. The summed E-state index contributed by atoms with van der Waals surface area (Å²) >= 11 is 0. The maximum absolute atomic E-state index is 12.4. The second-order valence-corrected chi connectivity index (χ2v) is 5.95. The molecular formula is C13H19N3O5. The summed E-state index contributed by atoms with van der Waals surface area (Å²) in [5.74, 6) is -2.01. The molecule has 2 fully saturated rings. The van der Waals surface area contributed by atoms with Crippen molar-refractivity contribution in [3.63, 3.8) is 0 Å². The van der Waals surface area contributed by atoms with E-state index >= 15 is 0 Å². The third kappa shape index (κ3) is 2.70. The summed E-state index contributed by atoms with van der Waals surface area (Å²) in [5, 5.41) is 11.3. The number of carbonyl (C=O) groups excluding carboxylic acids is 3. The molecule has 0 bridgehead atoms. The fourth-order valence-electron chi connectivity index (χ4n) is 2.39. The van der Waals surface area contributed by atoms with E-state index in [9.17, 15) is 19.2 Å². The highest BCUT2D eigenvalue weighted by Crippen LogP contribution is 2.30. The van der Waals surface area contributed by atoms with Gasteiger partial charge in [-0.3, -0.25) is 14.9 Å². The van der Waals surface area contributed by atoms with E-state index in [4.69, 9.17) is 5.11 Å². The van der Waals surface area contributed by atoms with Crippen LogP contribution in [0.1, 0.15) is 33.6 Å². The minimum absolute atomic E-state index is 0.0897. The smallest absolute Gasteiger partial charge is 0.326 e. The topological polar surface area (TPSA) is 107 Å². The molecule has 0 aromatic rings. The van der Waals surface area contributed by atoms with E-state index in [0.29, 0.717) is 0 Å². The number of rotatable bonds is 5. The van der Waals surface area contributed by atoms with Crippen LogP contribution in [0.5, 0.6) is 0 Å². The van der Waals surface area contributed by atoms with Crippen LogP contribution in [0.3, 0.4) is 0 Å². The molecule has 116 valence electrons. The molecule has 8 heteroatoms. The molecule has 0 aromatic heterocycles. The van der Waals surface area contributed by atoms with Gasteiger partial charge in [0, 0.05) is 6.04 Å². The Morgan fingerprint density at radius 3 is 2.38 bits per heavy atom. The van der Waals surface area contributed by atoms with Gasteiger partial charge in [0.2, 0.25) is 5.91 Å². The Hall–Kier alpha value is -2.12. The molecule has 0 radical (unpaired) electrons. The highest BCUT2D eigenvalue weighted by Gasteiger charge is 2.48. The van der Waals surface area contributed by atoms with Crippen molar-refractivity contribution >= 4 is 23.8 Å². The molecule has 1 saturated carbocycles. The summed E-state index contributed by atoms with van der Waals surface area (Å²) in [4.78, 5) is 49.4. The van der Waals surface area contributed by atoms with E-state index in [1.807, 2.05) is 0 Å². The number of carboxylic acids is 1. The summed E-state index contributed by atoms with van der Waals surface area (Å²) in [7, 11) is 0. The molecule has 1 atom stereocenters. The van der Waals surface area contributed by atoms with Crippen LogP contribution in [0, 0.1) is 0 Å². The average Bonchev–Trinajstić information content (AvgIpc) is 3.16. The predicted octanol–water partition coefficient (Wildman–Crippen LogP) is -0.219. The number of urea groups is 1. The molecule has 0 aromatic carbocycles. The van der Waals surface area contributed by atoms with Gasteiger partial charge in [-0.15, -0.1) is 0 Å². The predicted molar refractivity (Wildman–Crippen MR) is 71.3 cm³/mol. The zero-order chi connectivity index (χ0) is 15.9. The quantitative estimate of drug-likeness (QED) is 0.682. The third-order valence-corrected chi connectivity index (χ3v) is 3.99. The summed E-state index contributed by atoms with van der Waals surface area (Å²) in [6, 6.07) is -1.67. The number of nitrogens with one attached hydrogen (secondary N) is 1. The minimum atomic E-state index is -1.12. The lowest BCUT2D eigenvalue weighted by molar-refractivity contribution is -0.150. The largest absolute Gasteiger partial charge is 0.480 e. The van der Waals surface area contributed by atoms with Gasteiger partial charge >= 0.3 is 12.0 Å². The Morgan fingerprint density at radius 1 is 1.43 bits per heavy atom. The molecule has 21 heavy (non-hydrogen) atoms. The lowest BCUT2D eigenvalue weighted by atomic mass is 10.0. The Bertz CT molecular complexity index is 512. The molecule has 4 amide bonds. The van der Waals surface area contributed by atoms with Gasteiger partial charge in [-0.25, -0.2) is 9.59 Å². The summed E-state index contributed by atoms with van der Waals surface area (Å²) in [5.41, 5.74) is -1.12. The molecule has 1 saturated heterocycles. The zero-order valence-electron chi connectivity index (χ0n) is 12.3. The highest BCUT2D eigenvalue weighted by molar-refractivity contribution is 6.07. The second-order valence-electron chi connectivity index (χ2n) is 5.95. The van der Waals surface area contributed by atoms with Crippen molar-refractivity contribution in [3.05, 3.63) is 0 Å². The zero-order valence-corrected chi connectivity index (χ0v) is 12.3. The number of imide groups is 1. The molecule has 2 rings (SSSR count). The lowest BCUT2D eigenvalue weighted by Crippen LogP contribution is -2.53. The van der Waals surface area contributed by atoms with E-state index in [1.54, 1.807) is 13.8 Å². The van der Waals surface area contributed by atoms with Gasteiger partial charge in [-0.05, 0) is 33.6 Å². The molecule has 2 aliphatic rings. The Labute approximate surface area is 122 Å². The average molecular weight is 297 g/mol. The molecule has 1 heterocycles. The molecule has 0 spiro atoms. The van der Waals surface area contributed by atoms with Crippen molar-refractivity contribution in [2.45, 2.75) is 51.2 Å². The fourth-order valence-corrected chi connectivity index (χ4v) is 2.39. The third-order valence-electron chi connectivity index (χ3n) is 3.99. The summed E-state index contributed by atoms with van der Waals surface area (Å²) in [6.07, 6.45) is 1.52. The molecule has 8 nitrogen and oxygen atoms in total. The lowest BCUT2D eigenvalue weighted by Gasteiger charge is -2.32. The number of carbonyl (C=O) groups is 4. The van der Waals surface area contributed by atoms with Crippen LogP contribution in [0.15, 0.2) is 0 Å². The number of carboxylic acid groups (broad SMARTS) is 1. The van der Waals surface area contributed by atoms with Crippen molar-refractivity contribution in [3.8, 4) is 0 Å². The highest BCUT2D eigenvalue weighted by atomic mass is 16.4. The van der Waals surface area contributed by atoms with E-state index < -0.39 is 35.4 Å². The first-order valence-corrected chi connectivity index (χ1v) is 6.83. The van der Waals surface area contributed by atoms with Crippen LogP contribution < -0.4 is 5.32 Å². The first-order valence-electron chi connectivity index (χ1n) is 6.83. The molecule has 1 unspecified atom stereocenters. The fraction of sp³-hybridized carbons (Fsp3) is 0.692. The van der Waals surface area contributed by atoms with Crippen LogP contribution >= 0.6 is 0 Å². The molecule has 1 aliphatic heterocycles. The van der Waals surface area contributed by atoms with Crippen molar-refractivity contribution in [1.29, 1.82) is 0 Å². The first-order chi connectivity index (χ1) is 9.66. The van der Waals surface area contributed by atoms with Crippen molar-refractivity contribution in [2.75, 3.05) is 6.54 Å². The number of amides is 4. The maximum Gasteiger partial charge on any atom is 0.326 e. The van der Waals surface area contributed by atoms with Crippen molar-refractivity contribution in [2.24, 2.45) is 0 Å². The molecule has 1 aliphatic carbocycles. The molecule has 2 N–H and O–H groups in total. The summed E-state index contributed by atoms with van der Waals surface area (Å²) in [6.45, 7) is 4.22. The number of nitrogens with zero attached hydrogens (tertiary/aromatic N) is 2. The van der Waals surface area contributed by atoms with Crippen LogP contribution in [-0.4, -0.2) is 62.9 Å². The van der Waals surface area contributed by atoms with Crippen molar-refractivity contribution in [1.82, 2.24) is 15.1 Å². The van der Waals surface area contributed by atoms with Gasteiger partial charge in [-0.1, -0.05) is 0 Å². The Balaban J connectivity index is 2.14. The SMILES string of the molecule is CC(C(=O)O)N(C(=O)CN1C(=O)NC(=O)C1(C)C)C1CC1. The monoisotopic (exact) mass is 297 g/mol. The van der Waals surface area contributed by atoms with Crippen LogP contribution in [0.25, 0.3) is 0 Å². The van der Waals surface area contributed by atoms with Gasteiger partial charge < -0.3 is 14.9 Å². The van der Waals surface area contributed by atoms with Gasteiger partial charge in [-0.2, -0.15) is 0 Å². The number of aliphatic carboxylic acids is 1. The van der Waals surface area contributed by atoms with E-state index in [1.165, 1.54) is 11.8 Å². The van der Waals surface area contributed by atoms with Crippen LogP contribution in [-0.2, 0) is 14.4 Å². The van der Waals surface area contributed by atoms with Crippen LogP contribution in [0.4, 0.5) is 4.79 Å². The van der Waals surface area contributed by atoms with Gasteiger partial charge in [0.15, 0.2) is 0 Å². The number of hydrogen-bond acceptors (Lipinski definition) is 4. The van der Waals surface area contributed by atoms with Crippen molar-refractivity contribution < 1.29 is 24.3 Å². The standard InChI is InChI=1S/C13H19N3O5/c1-7(10(18)19)16(8-4-5-8)9(17)6-15-12(21)14-11(20)13(15,2)3/h7-8H,4-6H2,1-3H3,(H,18,19)(H,14,20,21). The van der Waals surface area contributed by atoms with Crippen LogP contribution in [0.2, 0.25) is 0 Å². The summed E-state index contributed by atoms with van der Waals surface area (Å²) < 4.78 is 0.